The second kappa shape index (κ2) is 8.06. The van der Waals surface area contributed by atoms with E-state index in [1.807, 2.05) is 20.8 Å². The molecule has 0 radical (unpaired) electrons. The van der Waals surface area contributed by atoms with Crippen LogP contribution in [0.15, 0.2) is 0 Å². The van der Waals surface area contributed by atoms with E-state index in [0.29, 0.717) is 6.54 Å². The molecular formula is C12H25N3O2. The number of nitrogens with one attached hydrogen (secondary N) is 1. The number of nitrogens with zero attached hydrogens (tertiary/aromatic N) is 1. The van der Waals surface area contributed by atoms with Gasteiger partial charge in [0.25, 0.3) is 0 Å². The minimum Gasteiger partial charge on any atom is -0.355 e. The van der Waals surface area contributed by atoms with E-state index in [1.165, 1.54) is 4.90 Å². The molecule has 3 N–H and O–H groups in total. The fraction of sp³-hybridized carbons (Fsp3) is 0.833. The maximum absolute atomic E-state index is 11.9. The number of hydrogen-bond acceptors (Lipinski definition) is 3. The molecule has 0 aliphatic carbocycles. The SMILES string of the molecule is CCCNC(=O)CN(C)C(=O)C(N)C(C)CC. The Balaban J connectivity index is 4.17. The van der Waals surface area contributed by atoms with Crippen LogP contribution in [0.5, 0.6) is 0 Å². The molecular weight excluding hydrogens is 218 g/mol. The van der Waals surface area contributed by atoms with Gasteiger partial charge in [-0.1, -0.05) is 27.2 Å². The zero-order chi connectivity index (χ0) is 13.4. The average molecular weight is 243 g/mol. The maximum atomic E-state index is 11.9. The molecule has 5 nitrogen and oxygen atoms in total. The van der Waals surface area contributed by atoms with E-state index in [1.54, 1.807) is 7.05 Å². The zero-order valence-electron chi connectivity index (χ0n) is 11.3. The first-order valence-corrected chi connectivity index (χ1v) is 6.21. The van der Waals surface area contributed by atoms with Crippen LogP contribution >= 0.6 is 0 Å². The molecule has 0 fully saturated rings. The second-order valence-corrected chi connectivity index (χ2v) is 4.46. The molecule has 0 aromatic carbocycles. The van der Waals surface area contributed by atoms with Gasteiger partial charge < -0.3 is 16.0 Å². The van der Waals surface area contributed by atoms with Crippen molar-refractivity contribution in [1.82, 2.24) is 10.2 Å². The predicted molar refractivity (Wildman–Crippen MR) is 68.4 cm³/mol. The average Bonchev–Trinajstić information content (AvgIpc) is 2.33. The smallest absolute Gasteiger partial charge is 0.239 e. The van der Waals surface area contributed by atoms with Gasteiger partial charge in [-0.2, -0.15) is 0 Å². The summed E-state index contributed by atoms with van der Waals surface area (Å²) in [6.07, 6.45) is 1.73. The van der Waals surface area contributed by atoms with Crippen LogP contribution in [0.3, 0.4) is 0 Å². The summed E-state index contributed by atoms with van der Waals surface area (Å²) in [5.41, 5.74) is 5.83. The Morgan fingerprint density at radius 2 is 1.94 bits per heavy atom. The van der Waals surface area contributed by atoms with Crippen LogP contribution in [0.4, 0.5) is 0 Å². The number of nitrogens with two attached hydrogens (primary N) is 1. The van der Waals surface area contributed by atoms with Crippen molar-refractivity contribution in [1.29, 1.82) is 0 Å². The summed E-state index contributed by atoms with van der Waals surface area (Å²) in [4.78, 5) is 24.7. The highest BCUT2D eigenvalue weighted by Gasteiger charge is 2.23. The van der Waals surface area contributed by atoms with Crippen molar-refractivity contribution >= 4 is 11.8 Å². The van der Waals surface area contributed by atoms with E-state index in [0.717, 1.165) is 12.8 Å². The standard InChI is InChI=1S/C12H25N3O2/c1-5-7-14-10(16)8-15(4)12(17)11(13)9(3)6-2/h9,11H,5-8,13H2,1-4H3,(H,14,16). The summed E-state index contributed by atoms with van der Waals surface area (Å²) in [5.74, 6) is -0.186. The Morgan fingerprint density at radius 1 is 1.35 bits per heavy atom. The Labute approximate surface area is 104 Å². The van der Waals surface area contributed by atoms with E-state index >= 15 is 0 Å². The molecule has 100 valence electrons. The van der Waals surface area contributed by atoms with E-state index < -0.39 is 6.04 Å². The molecule has 0 aliphatic rings. The maximum Gasteiger partial charge on any atom is 0.239 e. The van der Waals surface area contributed by atoms with Crippen LogP contribution in [0.1, 0.15) is 33.6 Å². The largest absolute Gasteiger partial charge is 0.355 e. The van der Waals surface area contributed by atoms with E-state index in [9.17, 15) is 9.59 Å². The minimum atomic E-state index is -0.524. The third-order valence-corrected chi connectivity index (χ3v) is 2.87. The van der Waals surface area contributed by atoms with E-state index in [-0.39, 0.29) is 24.3 Å². The van der Waals surface area contributed by atoms with Crippen molar-refractivity contribution < 1.29 is 9.59 Å². The lowest BCUT2D eigenvalue weighted by Crippen LogP contribution is -2.48. The van der Waals surface area contributed by atoms with Gasteiger partial charge in [-0.25, -0.2) is 0 Å². The minimum absolute atomic E-state index is 0.0724. The Hall–Kier alpha value is -1.10. The fourth-order valence-corrected chi connectivity index (χ4v) is 1.37. The first-order valence-electron chi connectivity index (χ1n) is 6.21. The number of hydrogen-bond donors (Lipinski definition) is 2. The predicted octanol–water partition coefficient (Wildman–Crippen LogP) is 0.344. The molecule has 2 atom stereocenters. The Morgan fingerprint density at radius 3 is 2.41 bits per heavy atom. The highest BCUT2D eigenvalue weighted by molar-refractivity contribution is 5.87. The molecule has 0 saturated heterocycles. The third-order valence-electron chi connectivity index (χ3n) is 2.87. The zero-order valence-corrected chi connectivity index (χ0v) is 11.3. The lowest BCUT2D eigenvalue weighted by atomic mass is 9.99. The third kappa shape index (κ3) is 5.68. The lowest BCUT2D eigenvalue weighted by molar-refractivity contribution is -0.136. The summed E-state index contributed by atoms with van der Waals surface area (Å²) >= 11 is 0. The number of carbonyl (C=O) groups excluding carboxylic acids is 2. The number of amides is 2. The van der Waals surface area contributed by atoms with Crippen LogP contribution in [-0.2, 0) is 9.59 Å². The molecule has 0 bridgehead atoms. The van der Waals surface area contributed by atoms with E-state index in [4.69, 9.17) is 5.73 Å². The molecule has 0 aromatic rings. The monoisotopic (exact) mass is 243 g/mol. The first kappa shape index (κ1) is 15.9. The summed E-state index contributed by atoms with van der Waals surface area (Å²) in [5, 5.41) is 2.73. The highest BCUT2D eigenvalue weighted by Crippen LogP contribution is 2.07. The van der Waals surface area contributed by atoms with Crippen molar-refractivity contribution in [2.75, 3.05) is 20.1 Å². The summed E-state index contributed by atoms with van der Waals surface area (Å²) in [6, 6.07) is -0.524. The number of rotatable bonds is 7. The molecule has 0 saturated carbocycles. The van der Waals surface area contributed by atoms with Crippen molar-refractivity contribution in [3.05, 3.63) is 0 Å². The first-order chi connectivity index (χ1) is 7.93. The normalized spacial score (nSPS) is 13.9. The summed E-state index contributed by atoms with van der Waals surface area (Å²) in [6.45, 7) is 6.62. The van der Waals surface area contributed by atoms with Gasteiger partial charge in [0.05, 0.1) is 12.6 Å². The second-order valence-electron chi connectivity index (χ2n) is 4.46. The van der Waals surface area contributed by atoms with E-state index in [2.05, 4.69) is 5.32 Å². The molecule has 5 heteroatoms. The lowest BCUT2D eigenvalue weighted by Gasteiger charge is -2.24. The van der Waals surface area contributed by atoms with Gasteiger partial charge >= 0.3 is 0 Å². The van der Waals surface area contributed by atoms with Crippen LogP contribution in [0, 0.1) is 5.92 Å². The van der Waals surface area contributed by atoms with Gasteiger partial charge in [-0.05, 0) is 12.3 Å². The summed E-state index contributed by atoms with van der Waals surface area (Å²) in [7, 11) is 1.61. The fourth-order valence-electron chi connectivity index (χ4n) is 1.37. The molecule has 0 rings (SSSR count). The molecule has 2 amide bonds. The van der Waals surface area contributed by atoms with Gasteiger partial charge in [-0.3, -0.25) is 9.59 Å². The number of carbonyl (C=O) groups is 2. The number of likely N-dealkylation sites (N-methyl/N-ethyl adjacent to an activating group) is 1. The quantitative estimate of drug-likeness (QED) is 0.677. The highest BCUT2D eigenvalue weighted by atomic mass is 16.2. The van der Waals surface area contributed by atoms with Gasteiger partial charge in [0.15, 0.2) is 0 Å². The molecule has 0 aromatic heterocycles. The van der Waals surface area contributed by atoms with Crippen LogP contribution in [0.25, 0.3) is 0 Å². The van der Waals surface area contributed by atoms with Gasteiger partial charge in [-0.15, -0.1) is 0 Å². The Kier molecular flexibility index (Phi) is 7.54. The van der Waals surface area contributed by atoms with Crippen LogP contribution in [0.2, 0.25) is 0 Å². The Bertz CT molecular complexity index is 256. The molecule has 0 heterocycles. The van der Waals surface area contributed by atoms with Gasteiger partial charge in [0.1, 0.15) is 0 Å². The van der Waals surface area contributed by atoms with Crippen LogP contribution < -0.4 is 11.1 Å². The molecule has 0 spiro atoms. The van der Waals surface area contributed by atoms with Crippen molar-refractivity contribution in [3.8, 4) is 0 Å². The van der Waals surface area contributed by atoms with Gasteiger partial charge in [0, 0.05) is 13.6 Å². The molecule has 17 heavy (non-hydrogen) atoms. The van der Waals surface area contributed by atoms with Crippen molar-refractivity contribution in [3.63, 3.8) is 0 Å². The molecule has 2 unspecified atom stereocenters. The summed E-state index contributed by atoms with van der Waals surface area (Å²) < 4.78 is 0. The van der Waals surface area contributed by atoms with Gasteiger partial charge in [0.2, 0.25) is 11.8 Å². The molecule has 0 aliphatic heterocycles. The topological polar surface area (TPSA) is 75.4 Å². The van der Waals surface area contributed by atoms with Crippen molar-refractivity contribution in [2.24, 2.45) is 11.7 Å². The van der Waals surface area contributed by atoms with Crippen LogP contribution in [-0.4, -0.2) is 42.9 Å². The van der Waals surface area contributed by atoms with Crippen molar-refractivity contribution in [2.45, 2.75) is 39.7 Å².